The molecule has 0 saturated carbocycles. The van der Waals surface area contributed by atoms with Crippen LogP contribution in [0.3, 0.4) is 0 Å². The van der Waals surface area contributed by atoms with Crippen LogP contribution < -0.4 is 5.32 Å². The van der Waals surface area contributed by atoms with Gasteiger partial charge < -0.3 is 10.2 Å². The lowest BCUT2D eigenvalue weighted by molar-refractivity contribution is -0.135. The number of nitrogens with zero attached hydrogens (tertiary/aromatic N) is 1. The van der Waals surface area contributed by atoms with E-state index in [1.54, 1.807) is 0 Å². The molecule has 0 bridgehead atoms. The van der Waals surface area contributed by atoms with Crippen LogP contribution in [0, 0.1) is 19.8 Å². The molecular weight excluding hydrogens is 296 g/mol. The van der Waals surface area contributed by atoms with Crippen molar-refractivity contribution in [3.05, 3.63) is 41.0 Å². The van der Waals surface area contributed by atoms with E-state index in [4.69, 9.17) is 0 Å². The summed E-state index contributed by atoms with van der Waals surface area (Å²) in [5, 5.41) is 3.38. The first-order chi connectivity index (χ1) is 11.6. The van der Waals surface area contributed by atoms with Crippen LogP contribution in [-0.2, 0) is 4.79 Å². The number of amides is 1. The van der Waals surface area contributed by atoms with E-state index in [9.17, 15) is 4.79 Å². The third-order valence-corrected chi connectivity index (χ3v) is 5.54. The summed E-state index contributed by atoms with van der Waals surface area (Å²) in [7, 11) is 0. The van der Waals surface area contributed by atoms with Crippen molar-refractivity contribution in [2.45, 2.75) is 52.0 Å². The average Bonchev–Trinajstić information content (AvgIpc) is 2.62. The lowest BCUT2D eigenvalue weighted by atomic mass is 9.93. The largest absolute Gasteiger partial charge is 0.341 e. The topological polar surface area (TPSA) is 32.3 Å². The molecule has 2 saturated heterocycles. The average molecular weight is 326 g/mol. The Labute approximate surface area is 146 Å². The Morgan fingerprint density at radius 1 is 1.12 bits per heavy atom. The van der Waals surface area contributed by atoms with E-state index >= 15 is 0 Å². The maximum absolute atomic E-state index is 12.6. The van der Waals surface area contributed by atoms with E-state index in [2.05, 4.69) is 54.4 Å². The first-order valence-electron chi connectivity index (χ1n) is 9.42. The molecule has 24 heavy (non-hydrogen) atoms. The third kappa shape index (κ3) is 4.07. The van der Waals surface area contributed by atoms with Crippen LogP contribution in [0.2, 0.25) is 0 Å². The SMILES string of the molecule is Cc1cccc(C)c1/C=C/C1CCN(C(=O)[C@@H]2CCCCN2)CC1. The zero-order chi connectivity index (χ0) is 16.9. The molecule has 0 spiro atoms. The summed E-state index contributed by atoms with van der Waals surface area (Å²) in [4.78, 5) is 14.6. The quantitative estimate of drug-likeness (QED) is 0.918. The highest BCUT2D eigenvalue weighted by molar-refractivity contribution is 5.82. The normalized spacial score (nSPS) is 22.9. The fourth-order valence-electron chi connectivity index (χ4n) is 3.92. The lowest BCUT2D eigenvalue weighted by Crippen LogP contribution is -2.50. The van der Waals surface area contributed by atoms with Gasteiger partial charge in [0.05, 0.1) is 6.04 Å². The van der Waals surface area contributed by atoms with Crippen molar-refractivity contribution in [1.82, 2.24) is 10.2 Å². The molecule has 3 rings (SSSR count). The van der Waals surface area contributed by atoms with Gasteiger partial charge in [0, 0.05) is 13.1 Å². The van der Waals surface area contributed by atoms with Gasteiger partial charge in [0.25, 0.3) is 0 Å². The first kappa shape index (κ1) is 17.2. The second-order valence-corrected chi connectivity index (χ2v) is 7.33. The second-order valence-electron chi connectivity index (χ2n) is 7.33. The van der Waals surface area contributed by atoms with Gasteiger partial charge in [0.15, 0.2) is 0 Å². The molecule has 1 atom stereocenters. The number of allylic oxidation sites excluding steroid dienone is 1. The Bertz CT molecular complexity index is 574. The maximum Gasteiger partial charge on any atom is 0.239 e. The van der Waals surface area contributed by atoms with E-state index in [-0.39, 0.29) is 6.04 Å². The molecule has 0 aromatic heterocycles. The summed E-state index contributed by atoms with van der Waals surface area (Å²) >= 11 is 0. The Hall–Kier alpha value is -1.61. The number of carbonyl (C=O) groups excluding carboxylic acids is 1. The van der Waals surface area contributed by atoms with Crippen molar-refractivity contribution in [1.29, 1.82) is 0 Å². The molecule has 1 amide bonds. The standard InChI is InChI=1S/C21H30N2O/c1-16-6-5-7-17(2)19(16)10-9-18-11-14-23(15-12-18)21(24)20-8-3-4-13-22-20/h5-7,9-10,18,20,22H,3-4,8,11-15H2,1-2H3/b10-9+/t20-/m0/s1. The van der Waals surface area contributed by atoms with Gasteiger partial charge in [0.2, 0.25) is 5.91 Å². The van der Waals surface area contributed by atoms with Crippen molar-refractivity contribution in [3.63, 3.8) is 0 Å². The molecule has 2 aliphatic rings. The molecule has 1 aromatic carbocycles. The minimum absolute atomic E-state index is 0.0699. The summed E-state index contributed by atoms with van der Waals surface area (Å²) in [6, 6.07) is 6.53. The highest BCUT2D eigenvalue weighted by atomic mass is 16.2. The van der Waals surface area contributed by atoms with Gasteiger partial charge >= 0.3 is 0 Å². The van der Waals surface area contributed by atoms with E-state index in [0.717, 1.165) is 38.9 Å². The second kappa shape index (κ2) is 7.98. The van der Waals surface area contributed by atoms with Crippen LogP contribution in [0.4, 0.5) is 0 Å². The first-order valence-corrected chi connectivity index (χ1v) is 9.42. The molecule has 2 aliphatic heterocycles. The maximum atomic E-state index is 12.6. The molecule has 0 radical (unpaired) electrons. The lowest BCUT2D eigenvalue weighted by Gasteiger charge is -2.34. The molecular formula is C21H30N2O. The van der Waals surface area contributed by atoms with Crippen LogP contribution in [0.25, 0.3) is 6.08 Å². The highest BCUT2D eigenvalue weighted by Gasteiger charge is 2.28. The van der Waals surface area contributed by atoms with Crippen molar-refractivity contribution in [2.75, 3.05) is 19.6 Å². The number of hydrogen-bond donors (Lipinski definition) is 1. The zero-order valence-electron chi connectivity index (χ0n) is 15.1. The number of carbonyl (C=O) groups is 1. The zero-order valence-corrected chi connectivity index (χ0v) is 15.1. The van der Waals surface area contributed by atoms with Crippen molar-refractivity contribution >= 4 is 12.0 Å². The number of hydrogen-bond acceptors (Lipinski definition) is 2. The predicted octanol–water partition coefficient (Wildman–Crippen LogP) is 3.70. The Kier molecular flexibility index (Phi) is 5.72. The van der Waals surface area contributed by atoms with Gasteiger partial charge in [-0.15, -0.1) is 0 Å². The van der Waals surface area contributed by atoms with Crippen LogP contribution in [-0.4, -0.2) is 36.5 Å². The van der Waals surface area contributed by atoms with E-state index < -0.39 is 0 Å². The minimum atomic E-state index is 0.0699. The summed E-state index contributed by atoms with van der Waals surface area (Å²) in [6.45, 7) is 7.14. The van der Waals surface area contributed by atoms with Gasteiger partial charge in [-0.1, -0.05) is 36.8 Å². The van der Waals surface area contributed by atoms with Crippen LogP contribution in [0.5, 0.6) is 0 Å². The number of aryl methyl sites for hydroxylation is 2. The molecule has 1 aromatic rings. The van der Waals surface area contributed by atoms with Crippen LogP contribution in [0.1, 0.15) is 48.8 Å². The molecule has 3 nitrogen and oxygen atoms in total. The fraction of sp³-hybridized carbons (Fsp3) is 0.571. The molecule has 3 heteroatoms. The van der Waals surface area contributed by atoms with Gasteiger partial charge in [0.1, 0.15) is 0 Å². The van der Waals surface area contributed by atoms with E-state index in [0.29, 0.717) is 11.8 Å². The molecule has 130 valence electrons. The molecule has 0 unspecified atom stereocenters. The number of piperidine rings is 2. The van der Waals surface area contributed by atoms with Crippen molar-refractivity contribution in [2.24, 2.45) is 5.92 Å². The minimum Gasteiger partial charge on any atom is -0.341 e. The van der Waals surface area contributed by atoms with Gasteiger partial charge in [-0.25, -0.2) is 0 Å². The van der Waals surface area contributed by atoms with Crippen LogP contribution in [0.15, 0.2) is 24.3 Å². The van der Waals surface area contributed by atoms with Gasteiger partial charge in [-0.2, -0.15) is 0 Å². The summed E-state index contributed by atoms with van der Waals surface area (Å²) in [5.74, 6) is 0.916. The molecule has 0 aliphatic carbocycles. The van der Waals surface area contributed by atoms with Crippen molar-refractivity contribution < 1.29 is 4.79 Å². The van der Waals surface area contributed by atoms with E-state index in [1.165, 1.54) is 29.5 Å². The molecule has 1 N–H and O–H groups in total. The van der Waals surface area contributed by atoms with E-state index in [1.807, 2.05) is 0 Å². The van der Waals surface area contributed by atoms with Gasteiger partial charge in [-0.3, -0.25) is 4.79 Å². The Balaban J connectivity index is 1.53. The third-order valence-electron chi connectivity index (χ3n) is 5.54. The fourth-order valence-corrected chi connectivity index (χ4v) is 3.92. The highest BCUT2D eigenvalue weighted by Crippen LogP contribution is 2.23. The summed E-state index contributed by atoms with van der Waals surface area (Å²) in [6.07, 6.45) is 10.2. The van der Waals surface area contributed by atoms with Crippen LogP contribution >= 0.6 is 0 Å². The number of benzene rings is 1. The predicted molar refractivity (Wildman–Crippen MR) is 99.9 cm³/mol. The number of likely N-dealkylation sites (tertiary alicyclic amines) is 1. The monoisotopic (exact) mass is 326 g/mol. The van der Waals surface area contributed by atoms with Gasteiger partial charge in [-0.05, 0) is 68.7 Å². The Morgan fingerprint density at radius 2 is 1.83 bits per heavy atom. The number of nitrogens with one attached hydrogen (secondary N) is 1. The number of rotatable bonds is 3. The Morgan fingerprint density at radius 3 is 2.46 bits per heavy atom. The molecule has 2 heterocycles. The summed E-state index contributed by atoms with van der Waals surface area (Å²) in [5.41, 5.74) is 4.02. The van der Waals surface area contributed by atoms with Crippen molar-refractivity contribution in [3.8, 4) is 0 Å². The molecule has 2 fully saturated rings. The summed E-state index contributed by atoms with van der Waals surface area (Å²) < 4.78 is 0. The smallest absolute Gasteiger partial charge is 0.239 e.